The number of hydrogen-bond acceptors (Lipinski definition) is 4. The van der Waals surface area contributed by atoms with Gasteiger partial charge in [0.05, 0.1) is 6.61 Å². The van der Waals surface area contributed by atoms with Crippen LogP contribution in [0.15, 0.2) is 24.3 Å². The molecule has 1 aliphatic rings. The van der Waals surface area contributed by atoms with Gasteiger partial charge in [-0.1, -0.05) is 0 Å². The fraction of sp³-hybridized carbons (Fsp3) is 0.500. The van der Waals surface area contributed by atoms with Gasteiger partial charge in [0.25, 0.3) is 0 Å². The Kier molecular flexibility index (Phi) is 5.92. The number of anilines is 1. The minimum atomic E-state index is -0.352. The lowest BCUT2D eigenvalue weighted by Gasteiger charge is -2.22. The number of nitrogens with one attached hydrogen (secondary N) is 2. The minimum Gasteiger partial charge on any atom is -0.465 e. The van der Waals surface area contributed by atoms with E-state index < -0.39 is 0 Å². The summed E-state index contributed by atoms with van der Waals surface area (Å²) in [5.41, 5.74) is 0.527. The molecule has 0 radical (unpaired) electrons. The lowest BCUT2D eigenvalue weighted by Crippen LogP contribution is -2.43. The Balaban J connectivity index is 1.79. The van der Waals surface area contributed by atoms with Crippen molar-refractivity contribution in [3.8, 4) is 0 Å². The number of urea groups is 1. The highest BCUT2D eigenvalue weighted by molar-refractivity contribution is 5.89. The molecular formula is C16H22FN3O3. The molecule has 0 saturated carbocycles. The standard InChI is InChI=1S/C16H22FN3O3/c1-3-23-15(21)11(2)20-9-8-14(10-20)19-16(22)18-13-6-4-12(17)5-7-13/h4-7,11,14H,3,8-10H2,1-2H3,(H2,18,19,22)/t11-,14-/m0/s1. The first-order valence-corrected chi connectivity index (χ1v) is 7.73. The largest absolute Gasteiger partial charge is 0.465 e. The molecule has 1 heterocycles. The van der Waals surface area contributed by atoms with Gasteiger partial charge in [-0.3, -0.25) is 9.69 Å². The topological polar surface area (TPSA) is 70.7 Å². The second-order valence-electron chi connectivity index (χ2n) is 5.51. The summed E-state index contributed by atoms with van der Waals surface area (Å²) in [5.74, 6) is -0.598. The summed E-state index contributed by atoms with van der Waals surface area (Å²) in [5, 5.41) is 5.52. The number of benzene rings is 1. The fourth-order valence-corrected chi connectivity index (χ4v) is 2.55. The second-order valence-corrected chi connectivity index (χ2v) is 5.51. The molecule has 0 unspecified atom stereocenters. The molecule has 0 spiro atoms. The fourth-order valence-electron chi connectivity index (χ4n) is 2.55. The van der Waals surface area contributed by atoms with Crippen molar-refractivity contribution in [2.75, 3.05) is 25.0 Å². The van der Waals surface area contributed by atoms with E-state index in [2.05, 4.69) is 10.6 Å². The molecule has 1 aromatic rings. The van der Waals surface area contributed by atoms with Crippen LogP contribution in [-0.4, -0.2) is 48.7 Å². The summed E-state index contributed by atoms with van der Waals surface area (Å²) < 4.78 is 17.8. The van der Waals surface area contributed by atoms with Crippen LogP contribution in [0, 0.1) is 5.82 Å². The van der Waals surface area contributed by atoms with Crippen LogP contribution in [-0.2, 0) is 9.53 Å². The lowest BCUT2D eigenvalue weighted by molar-refractivity contribution is -0.148. The smallest absolute Gasteiger partial charge is 0.323 e. The molecular weight excluding hydrogens is 301 g/mol. The van der Waals surface area contributed by atoms with Crippen LogP contribution in [0.4, 0.5) is 14.9 Å². The van der Waals surface area contributed by atoms with E-state index in [9.17, 15) is 14.0 Å². The first-order chi connectivity index (χ1) is 11.0. The van der Waals surface area contributed by atoms with E-state index in [-0.39, 0.29) is 29.9 Å². The number of amides is 2. The Morgan fingerprint density at radius 1 is 1.39 bits per heavy atom. The van der Waals surface area contributed by atoms with Crippen molar-refractivity contribution in [2.45, 2.75) is 32.4 Å². The molecule has 126 valence electrons. The molecule has 1 aliphatic heterocycles. The summed E-state index contributed by atoms with van der Waals surface area (Å²) in [6.07, 6.45) is 0.764. The van der Waals surface area contributed by atoms with E-state index in [4.69, 9.17) is 4.74 Å². The maximum Gasteiger partial charge on any atom is 0.323 e. The van der Waals surface area contributed by atoms with Crippen molar-refractivity contribution < 1.29 is 18.7 Å². The number of halogens is 1. The summed E-state index contributed by atoms with van der Waals surface area (Å²) >= 11 is 0. The Morgan fingerprint density at radius 2 is 2.09 bits per heavy atom. The summed E-state index contributed by atoms with van der Waals surface area (Å²) in [4.78, 5) is 25.7. The predicted molar refractivity (Wildman–Crippen MR) is 84.6 cm³/mol. The van der Waals surface area contributed by atoms with Crippen molar-refractivity contribution in [1.29, 1.82) is 0 Å². The van der Waals surface area contributed by atoms with E-state index in [1.54, 1.807) is 13.8 Å². The van der Waals surface area contributed by atoms with Crippen LogP contribution >= 0.6 is 0 Å². The third kappa shape index (κ3) is 4.92. The molecule has 1 aromatic carbocycles. The molecule has 6 nitrogen and oxygen atoms in total. The van der Waals surface area contributed by atoms with Crippen molar-refractivity contribution in [1.82, 2.24) is 10.2 Å². The Morgan fingerprint density at radius 3 is 2.74 bits per heavy atom. The number of nitrogens with zero attached hydrogens (tertiary/aromatic N) is 1. The molecule has 2 amide bonds. The monoisotopic (exact) mass is 323 g/mol. The van der Waals surface area contributed by atoms with Gasteiger partial charge in [0.1, 0.15) is 11.9 Å². The zero-order chi connectivity index (χ0) is 16.8. The van der Waals surface area contributed by atoms with Gasteiger partial charge in [-0.25, -0.2) is 9.18 Å². The molecule has 0 bridgehead atoms. The van der Waals surface area contributed by atoms with Crippen molar-refractivity contribution in [2.24, 2.45) is 0 Å². The number of carbonyl (C=O) groups excluding carboxylic acids is 2. The third-order valence-corrected chi connectivity index (χ3v) is 3.83. The normalized spacial score (nSPS) is 19.2. The Bertz CT molecular complexity index is 550. The van der Waals surface area contributed by atoms with Crippen LogP contribution in [0.3, 0.4) is 0 Å². The summed E-state index contributed by atoms with van der Waals surface area (Å²) in [6.45, 7) is 5.26. The molecule has 0 aromatic heterocycles. The zero-order valence-corrected chi connectivity index (χ0v) is 13.3. The van der Waals surface area contributed by atoms with Gasteiger partial charge < -0.3 is 15.4 Å². The van der Waals surface area contributed by atoms with Crippen LogP contribution in [0.5, 0.6) is 0 Å². The van der Waals surface area contributed by atoms with Crippen LogP contribution in [0.2, 0.25) is 0 Å². The van der Waals surface area contributed by atoms with Gasteiger partial charge in [-0.2, -0.15) is 0 Å². The highest BCUT2D eigenvalue weighted by Crippen LogP contribution is 2.14. The van der Waals surface area contributed by atoms with Crippen LogP contribution in [0.1, 0.15) is 20.3 Å². The van der Waals surface area contributed by atoms with Gasteiger partial charge in [0.2, 0.25) is 0 Å². The lowest BCUT2D eigenvalue weighted by atomic mass is 10.2. The second kappa shape index (κ2) is 7.92. The quantitative estimate of drug-likeness (QED) is 0.813. The predicted octanol–water partition coefficient (Wildman–Crippen LogP) is 1.97. The van der Waals surface area contributed by atoms with Gasteiger partial charge in [0.15, 0.2) is 0 Å². The number of carbonyl (C=O) groups is 2. The SMILES string of the molecule is CCOC(=O)[C@H](C)N1CC[C@H](NC(=O)Nc2ccc(F)cc2)C1. The Hall–Kier alpha value is -2.15. The maximum atomic E-state index is 12.8. The van der Waals surface area contributed by atoms with Crippen molar-refractivity contribution >= 4 is 17.7 Å². The van der Waals surface area contributed by atoms with Crippen molar-refractivity contribution in [3.63, 3.8) is 0 Å². The van der Waals surface area contributed by atoms with Crippen LogP contribution < -0.4 is 10.6 Å². The number of likely N-dealkylation sites (tertiary alicyclic amines) is 1. The van der Waals surface area contributed by atoms with E-state index in [1.165, 1.54) is 24.3 Å². The molecule has 7 heteroatoms. The molecule has 2 rings (SSSR count). The average molecular weight is 323 g/mol. The summed E-state index contributed by atoms with van der Waals surface area (Å²) in [6, 6.07) is 4.88. The minimum absolute atomic E-state index is 0.0349. The van der Waals surface area contributed by atoms with E-state index in [0.717, 1.165) is 13.0 Å². The summed E-state index contributed by atoms with van der Waals surface area (Å²) in [7, 11) is 0. The Labute approximate surface area is 135 Å². The third-order valence-electron chi connectivity index (χ3n) is 3.83. The number of esters is 1. The molecule has 1 saturated heterocycles. The number of ether oxygens (including phenoxy) is 1. The van der Waals surface area contributed by atoms with E-state index >= 15 is 0 Å². The highest BCUT2D eigenvalue weighted by atomic mass is 19.1. The van der Waals surface area contributed by atoms with E-state index in [0.29, 0.717) is 18.8 Å². The molecule has 2 atom stereocenters. The average Bonchev–Trinajstić information content (AvgIpc) is 2.97. The molecule has 1 fully saturated rings. The number of rotatable bonds is 5. The van der Waals surface area contributed by atoms with Gasteiger partial charge in [0, 0.05) is 24.8 Å². The highest BCUT2D eigenvalue weighted by Gasteiger charge is 2.31. The van der Waals surface area contributed by atoms with Crippen molar-refractivity contribution in [3.05, 3.63) is 30.1 Å². The van der Waals surface area contributed by atoms with Gasteiger partial charge in [-0.05, 0) is 44.5 Å². The van der Waals surface area contributed by atoms with Gasteiger partial charge >= 0.3 is 12.0 Å². The maximum absolute atomic E-state index is 12.8. The van der Waals surface area contributed by atoms with Crippen LogP contribution in [0.25, 0.3) is 0 Å². The zero-order valence-electron chi connectivity index (χ0n) is 13.3. The first-order valence-electron chi connectivity index (χ1n) is 7.73. The molecule has 0 aliphatic carbocycles. The molecule has 2 N–H and O–H groups in total. The molecule has 23 heavy (non-hydrogen) atoms. The number of hydrogen-bond donors (Lipinski definition) is 2. The van der Waals surface area contributed by atoms with E-state index in [1.807, 2.05) is 4.90 Å². The van der Waals surface area contributed by atoms with Gasteiger partial charge in [-0.15, -0.1) is 0 Å². The first kappa shape index (κ1) is 17.2.